The van der Waals surface area contributed by atoms with Crippen LogP contribution in [0.3, 0.4) is 0 Å². The highest BCUT2D eigenvalue weighted by Gasteiger charge is 2.07. The fourth-order valence-electron chi connectivity index (χ4n) is 3.38. The largest absolute Gasteiger partial charge is 0.493 e. The molecular weight excluding hydrogens is 366 g/mol. The first kappa shape index (κ1) is 24.5. The van der Waals surface area contributed by atoms with E-state index in [-0.39, 0.29) is 12.4 Å². The van der Waals surface area contributed by atoms with E-state index in [4.69, 9.17) is 4.74 Å². The summed E-state index contributed by atoms with van der Waals surface area (Å²) < 4.78 is 8.41. The number of benzene rings is 1. The van der Waals surface area contributed by atoms with Crippen molar-refractivity contribution < 1.29 is 9.30 Å². The van der Waals surface area contributed by atoms with E-state index in [0.29, 0.717) is 0 Å². The Balaban J connectivity index is 0.00000392. The van der Waals surface area contributed by atoms with Crippen LogP contribution in [0, 0.1) is 6.92 Å². The average Bonchev–Trinajstić information content (AvgIpc) is 2.68. The monoisotopic (exact) mass is 404 g/mol. The van der Waals surface area contributed by atoms with Crippen molar-refractivity contribution in [2.75, 3.05) is 6.61 Å². The number of aryl methyl sites for hydroxylation is 4. The Morgan fingerprint density at radius 3 is 2.18 bits per heavy atom. The van der Waals surface area contributed by atoms with Gasteiger partial charge >= 0.3 is 0 Å². The quantitative estimate of drug-likeness (QED) is 0.269. The van der Waals surface area contributed by atoms with Crippen LogP contribution in [0.2, 0.25) is 0 Å². The van der Waals surface area contributed by atoms with Crippen LogP contribution < -0.4 is 9.30 Å². The highest BCUT2D eigenvalue weighted by molar-refractivity contribution is 5.85. The Morgan fingerprint density at radius 1 is 0.821 bits per heavy atom. The molecule has 0 saturated heterocycles. The molecule has 156 valence electrons. The van der Waals surface area contributed by atoms with E-state index in [1.54, 1.807) is 0 Å². The van der Waals surface area contributed by atoms with E-state index >= 15 is 0 Å². The molecule has 1 aromatic carbocycles. The van der Waals surface area contributed by atoms with Crippen LogP contribution in [0.1, 0.15) is 75.5 Å². The summed E-state index contributed by atoms with van der Waals surface area (Å²) in [6.07, 6.45) is 15.4. The summed E-state index contributed by atoms with van der Waals surface area (Å²) in [6, 6.07) is 11.2. The second kappa shape index (κ2) is 14.5. The maximum absolute atomic E-state index is 6.18. The fraction of sp³-hybridized carbons (Fsp3) is 0.560. The lowest BCUT2D eigenvalue weighted by atomic mass is 10.00. The summed E-state index contributed by atoms with van der Waals surface area (Å²) in [5.74, 6) is 1.10. The molecule has 0 aliphatic carbocycles. The zero-order chi connectivity index (χ0) is 19.3. The van der Waals surface area contributed by atoms with Gasteiger partial charge in [-0.15, -0.1) is 12.4 Å². The molecule has 0 amide bonds. The van der Waals surface area contributed by atoms with E-state index in [1.807, 2.05) is 0 Å². The van der Waals surface area contributed by atoms with E-state index in [1.165, 1.54) is 61.6 Å². The lowest BCUT2D eigenvalue weighted by Gasteiger charge is -2.13. The number of hydrogen-bond donors (Lipinski definition) is 0. The SMILES string of the molecule is CCCCCc1ccc(OCCC[n+]2ccc(C)cc2)c(CCCCC)c1.Cl. The van der Waals surface area contributed by atoms with Crippen LogP contribution >= 0.6 is 12.4 Å². The molecule has 0 aliphatic heterocycles. The zero-order valence-corrected chi connectivity index (χ0v) is 18.9. The molecule has 0 bridgehead atoms. The minimum absolute atomic E-state index is 0. The van der Waals surface area contributed by atoms with Crippen LogP contribution in [-0.4, -0.2) is 6.61 Å². The summed E-state index contributed by atoms with van der Waals surface area (Å²) >= 11 is 0. The van der Waals surface area contributed by atoms with Crippen molar-refractivity contribution >= 4 is 12.4 Å². The first-order valence-corrected chi connectivity index (χ1v) is 10.9. The van der Waals surface area contributed by atoms with Gasteiger partial charge in [0, 0.05) is 18.6 Å². The molecule has 2 rings (SSSR count). The third-order valence-electron chi connectivity index (χ3n) is 5.12. The lowest BCUT2D eigenvalue weighted by Crippen LogP contribution is -2.33. The molecule has 0 spiro atoms. The van der Waals surface area contributed by atoms with Gasteiger partial charge in [-0.1, -0.05) is 51.7 Å². The van der Waals surface area contributed by atoms with Gasteiger partial charge in [-0.2, -0.15) is 0 Å². The average molecular weight is 405 g/mol. The number of unbranched alkanes of at least 4 members (excludes halogenated alkanes) is 4. The topological polar surface area (TPSA) is 13.1 Å². The molecule has 0 radical (unpaired) electrons. The van der Waals surface area contributed by atoms with E-state index in [2.05, 4.69) is 68.1 Å². The number of hydrogen-bond acceptors (Lipinski definition) is 1. The number of ether oxygens (including phenoxy) is 1. The van der Waals surface area contributed by atoms with Crippen LogP contribution in [0.25, 0.3) is 0 Å². The predicted molar refractivity (Wildman–Crippen MR) is 122 cm³/mol. The third kappa shape index (κ3) is 9.10. The molecule has 28 heavy (non-hydrogen) atoms. The summed E-state index contributed by atoms with van der Waals surface area (Å²) in [7, 11) is 0. The van der Waals surface area contributed by atoms with Gasteiger partial charge in [0.2, 0.25) is 0 Å². The Morgan fingerprint density at radius 2 is 1.50 bits per heavy atom. The molecule has 2 nitrogen and oxygen atoms in total. The first-order chi connectivity index (χ1) is 13.2. The van der Waals surface area contributed by atoms with Crippen molar-refractivity contribution in [1.29, 1.82) is 0 Å². The zero-order valence-electron chi connectivity index (χ0n) is 18.1. The third-order valence-corrected chi connectivity index (χ3v) is 5.12. The summed E-state index contributed by atoms with van der Waals surface area (Å²) in [5.41, 5.74) is 4.18. The molecule has 0 saturated carbocycles. The second-order valence-corrected chi connectivity index (χ2v) is 7.67. The first-order valence-electron chi connectivity index (χ1n) is 10.9. The Labute approximate surface area is 178 Å². The van der Waals surface area contributed by atoms with Crippen molar-refractivity contribution in [1.82, 2.24) is 0 Å². The summed E-state index contributed by atoms with van der Waals surface area (Å²) in [5, 5.41) is 0. The second-order valence-electron chi connectivity index (χ2n) is 7.67. The van der Waals surface area contributed by atoms with Gasteiger partial charge in [0.05, 0.1) is 6.61 Å². The fourth-order valence-corrected chi connectivity index (χ4v) is 3.38. The van der Waals surface area contributed by atoms with Gasteiger partial charge in [-0.05, 0) is 55.4 Å². The predicted octanol–water partition coefficient (Wildman–Crippen LogP) is 6.64. The minimum atomic E-state index is 0. The summed E-state index contributed by atoms with van der Waals surface area (Å²) in [4.78, 5) is 0. The van der Waals surface area contributed by atoms with Crippen molar-refractivity contribution in [2.45, 2.75) is 85.1 Å². The van der Waals surface area contributed by atoms with E-state index < -0.39 is 0 Å². The van der Waals surface area contributed by atoms with Crippen LogP contribution in [0.4, 0.5) is 0 Å². The van der Waals surface area contributed by atoms with Gasteiger partial charge in [-0.25, -0.2) is 4.57 Å². The van der Waals surface area contributed by atoms with Gasteiger partial charge in [0.25, 0.3) is 0 Å². The molecule has 0 unspecified atom stereocenters. The summed E-state index contributed by atoms with van der Waals surface area (Å²) in [6.45, 7) is 8.43. The molecule has 0 N–H and O–H groups in total. The Kier molecular flexibility index (Phi) is 12.6. The van der Waals surface area contributed by atoms with Gasteiger partial charge < -0.3 is 4.74 Å². The highest BCUT2D eigenvalue weighted by atomic mass is 35.5. The maximum atomic E-state index is 6.18. The van der Waals surface area contributed by atoms with Crippen LogP contribution in [-0.2, 0) is 19.4 Å². The molecule has 0 fully saturated rings. The Bertz CT molecular complexity index is 654. The number of aromatic nitrogens is 1. The normalized spacial score (nSPS) is 10.5. The molecule has 0 aliphatic rings. The highest BCUT2D eigenvalue weighted by Crippen LogP contribution is 2.24. The molecule has 1 aromatic heterocycles. The number of halogens is 1. The number of nitrogens with zero attached hydrogens (tertiary/aromatic N) is 1. The molecule has 0 atom stereocenters. The van der Waals surface area contributed by atoms with Crippen molar-refractivity contribution in [3.63, 3.8) is 0 Å². The lowest BCUT2D eigenvalue weighted by molar-refractivity contribution is -0.697. The van der Waals surface area contributed by atoms with Crippen molar-refractivity contribution in [2.24, 2.45) is 0 Å². The molecule has 1 heterocycles. The Hall–Kier alpha value is -1.54. The minimum Gasteiger partial charge on any atom is -0.493 e. The van der Waals surface area contributed by atoms with Gasteiger partial charge in [0.15, 0.2) is 18.9 Å². The molecule has 3 heteroatoms. The van der Waals surface area contributed by atoms with Gasteiger partial charge in [0.1, 0.15) is 5.75 Å². The molecular formula is C25H39ClNO+. The van der Waals surface area contributed by atoms with Crippen molar-refractivity contribution in [3.8, 4) is 5.75 Å². The van der Waals surface area contributed by atoms with Crippen molar-refractivity contribution in [3.05, 3.63) is 59.4 Å². The molecule has 2 aromatic rings. The van der Waals surface area contributed by atoms with E-state index in [9.17, 15) is 0 Å². The van der Waals surface area contributed by atoms with E-state index in [0.717, 1.165) is 31.7 Å². The maximum Gasteiger partial charge on any atom is 0.169 e. The number of rotatable bonds is 13. The van der Waals surface area contributed by atoms with Gasteiger partial charge in [-0.3, -0.25) is 0 Å². The van der Waals surface area contributed by atoms with Crippen LogP contribution in [0.15, 0.2) is 42.7 Å². The van der Waals surface area contributed by atoms with Crippen LogP contribution in [0.5, 0.6) is 5.75 Å². The smallest absolute Gasteiger partial charge is 0.169 e. The number of pyridine rings is 1. The standard InChI is InChI=1S/C25H38NO.ClH/c1-4-6-8-11-23-13-14-25(24(21-23)12-9-7-5-2)27-20-10-17-26-18-15-22(3)16-19-26;/h13-16,18-19,21H,4-12,17,20H2,1-3H3;1H/q+1;.